The summed E-state index contributed by atoms with van der Waals surface area (Å²) in [6.07, 6.45) is 4.93. The van der Waals surface area contributed by atoms with Crippen molar-refractivity contribution in [2.45, 2.75) is 5.60 Å². The van der Waals surface area contributed by atoms with Crippen LogP contribution in [0.5, 0.6) is 5.75 Å². The highest BCUT2D eigenvalue weighted by atomic mass is 16.6. The van der Waals surface area contributed by atoms with Gasteiger partial charge in [-0.05, 0) is 24.3 Å². The van der Waals surface area contributed by atoms with Gasteiger partial charge in [-0.2, -0.15) is 0 Å². The number of ether oxygens (including phenoxy) is 2. The average molecular weight is 316 g/mol. The molecule has 5 rings (SSSR count). The highest BCUT2D eigenvalue weighted by molar-refractivity contribution is 6.01. The van der Waals surface area contributed by atoms with Crippen molar-refractivity contribution in [3.8, 4) is 5.75 Å². The molecule has 0 aromatic heterocycles. The molecule has 0 N–H and O–H groups in total. The fraction of sp³-hybridized carbons (Fsp3) is 0.100. The van der Waals surface area contributed by atoms with Crippen molar-refractivity contribution in [1.82, 2.24) is 0 Å². The van der Waals surface area contributed by atoms with Crippen LogP contribution in [0, 0.1) is 5.92 Å². The van der Waals surface area contributed by atoms with Gasteiger partial charge in [-0.25, -0.2) is 4.79 Å². The molecule has 4 nitrogen and oxygen atoms in total. The first-order valence-electron chi connectivity index (χ1n) is 7.74. The lowest BCUT2D eigenvalue weighted by Gasteiger charge is -2.42. The van der Waals surface area contributed by atoms with Gasteiger partial charge in [0.2, 0.25) is 0 Å². The lowest BCUT2D eigenvalue weighted by atomic mass is 9.70. The van der Waals surface area contributed by atoms with Crippen molar-refractivity contribution in [3.63, 3.8) is 0 Å². The summed E-state index contributed by atoms with van der Waals surface area (Å²) in [5, 5.41) is 0. The highest BCUT2D eigenvalue weighted by Crippen LogP contribution is 2.55. The Balaban J connectivity index is 1.89. The SMILES string of the molecule is O=C1OC2(c3ccccc3OC3=CC=CC(=O)C32)c2ccccc21. The molecule has 2 heterocycles. The van der Waals surface area contributed by atoms with Gasteiger partial charge in [0.25, 0.3) is 0 Å². The number of allylic oxidation sites excluding steroid dienone is 3. The van der Waals surface area contributed by atoms with Crippen molar-refractivity contribution < 1.29 is 19.1 Å². The van der Waals surface area contributed by atoms with Crippen LogP contribution in [0.2, 0.25) is 0 Å². The van der Waals surface area contributed by atoms with Gasteiger partial charge in [0, 0.05) is 11.1 Å². The molecule has 2 atom stereocenters. The van der Waals surface area contributed by atoms with Gasteiger partial charge >= 0.3 is 5.97 Å². The van der Waals surface area contributed by atoms with Crippen LogP contribution in [0.4, 0.5) is 0 Å². The smallest absolute Gasteiger partial charge is 0.339 e. The fourth-order valence-corrected chi connectivity index (χ4v) is 3.86. The number of ketones is 1. The van der Waals surface area contributed by atoms with Gasteiger partial charge in [-0.15, -0.1) is 0 Å². The van der Waals surface area contributed by atoms with E-state index >= 15 is 0 Å². The predicted molar refractivity (Wildman–Crippen MR) is 85.4 cm³/mol. The Morgan fingerprint density at radius 1 is 0.917 bits per heavy atom. The minimum atomic E-state index is -1.17. The van der Waals surface area contributed by atoms with Crippen LogP contribution in [0.1, 0.15) is 21.5 Å². The van der Waals surface area contributed by atoms with Gasteiger partial charge in [0.15, 0.2) is 11.4 Å². The lowest BCUT2D eigenvalue weighted by molar-refractivity contribution is -0.125. The van der Waals surface area contributed by atoms with Gasteiger partial charge < -0.3 is 9.47 Å². The van der Waals surface area contributed by atoms with Gasteiger partial charge in [0.1, 0.15) is 17.4 Å². The normalized spacial score (nSPS) is 26.2. The van der Waals surface area contributed by atoms with E-state index in [4.69, 9.17) is 9.47 Å². The Labute approximate surface area is 138 Å². The summed E-state index contributed by atoms with van der Waals surface area (Å²) >= 11 is 0. The van der Waals surface area contributed by atoms with E-state index in [1.807, 2.05) is 36.4 Å². The van der Waals surface area contributed by atoms with E-state index in [1.54, 1.807) is 24.3 Å². The summed E-state index contributed by atoms with van der Waals surface area (Å²) in [4.78, 5) is 25.2. The molecule has 3 aliphatic rings. The second-order valence-electron chi connectivity index (χ2n) is 6.03. The maximum atomic E-state index is 12.7. The van der Waals surface area contributed by atoms with E-state index in [0.717, 1.165) is 0 Å². The number of fused-ring (bicyclic) bond motifs is 6. The molecule has 2 aromatic carbocycles. The summed E-state index contributed by atoms with van der Waals surface area (Å²) < 4.78 is 11.9. The van der Waals surface area contributed by atoms with Gasteiger partial charge in [-0.1, -0.05) is 42.5 Å². The maximum absolute atomic E-state index is 12.7. The van der Waals surface area contributed by atoms with E-state index in [0.29, 0.717) is 28.2 Å². The zero-order valence-corrected chi connectivity index (χ0v) is 12.6. The Hall–Kier alpha value is -3.14. The third kappa shape index (κ3) is 1.48. The van der Waals surface area contributed by atoms with Crippen LogP contribution < -0.4 is 4.74 Å². The summed E-state index contributed by atoms with van der Waals surface area (Å²) in [6, 6.07) is 14.6. The maximum Gasteiger partial charge on any atom is 0.339 e. The second kappa shape index (κ2) is 4.45. The van der Waals surface area contributed by atoms with Crippen LogP contribution >= 0.6 is 0 Å². The third-order valence-corrected chi connectivity index (χ3v) is 4.81. The molecule has 0 bridgehead atoms. The molecule has 4 heteroatoms. The molecule has 24 heavy (non-hydrogen) atoms. The van der Waals surface area contributed by atoms with Crippen molar-refractivity contribution in [2.24, 2.45) is 5.92 Å². The number of esters is 1. The molecule has 0 radical (unpaired) electrons. The van der Waals surface area contributed by atoms with Crippen LogP contribution in [-0.4, -0.2) is 11.8 Å². The number of benzene rings is 2. The molecular weight excluding hydrogens is 304 g/mol. The number of carbonyl (C=O) groups is 2. The van der Waals surface area contributed by atoms with Crippen LogP contribution in [-0.2, 0) is 15.1 Å². The first kappa shape index (κ1) is 13.3. The molecule has 0 saturated carbocycles. The number of carbonyl (C=O) groups excluding carboxylic acids is 2. The Kier molecular flexibility index (Phi) is 2.47. The molecule has 1 spiro atoms. The van der Waals surface area contributed by atoms with Crippen LogP contribution in [0.15, 0.2) is 72.5 Å². The quantitative estimate of drug-likeness (QED) is 0.701. The molecule has 1 aliphatic carbocycles. The van der Waals surface area contributed by atoms with Crippen molar-refractivity contribution in [2.75, 3.05) is 0 Å². The number of hydrogen-bond acceptors (Lipinski definition) is 4. The zero-order chi connectivity index (χ0) is 16.3. The van der Waals surface area contributed by atoms with E-state index in [9.17, 15) is 9.59 Å². The molecule has 0 saturated heterocycles. The summed E-state index contributed by atoms with van der Waals surface area (Å²) in [5.74, 6) is -0.140. The predicted octanol–water partition coefficient (Wildman–Crippen LogP) is 3.13. The number of para-hydroxylation sites is 1. The highest BCUT2D eigenvalue weighted by Gasteiger charge is 2.60. The molecule has 2 unspecified atom stereocenters. The van der Waals surface area contributed by atoms with E-state index in [2.05, 4.69) is 0 Å². The van der Waals surface area contributed by atoms with Crippen LogP contribution in [0.3, 0.4) is 0 Å². The topological polar surface area (TPSA) is 52.6 Å². The summed E-state index contributed by atoms with van der Waals surface area (Å²) in [7, 11) is 0. The zero-order valence-electron chi connectivity index (χ0n) is 12.6. The van der Waals surface area contributed by atoms with E-state index < -0.39 is 17.5 Å². The van der Waals surface area contributed by atoms with Crippen molar-refractivity contribution in [3.05, 3.63) is 89.2 Å². The Bertz CT molecular complexity index is 969. The minimum absolute atomic E-state index is 0.133. The van der Waals surface area contributed by atoms with Crippen molar-refractivity contribution >= 4 is 11.8 Å². The standard InChI is InChI=1S/C20H12O4/c21-15-9-5-11-17-18(15)20(14-8-3-4-10-16(14)23-17)13-7-2-1-6-12(13)19(22)24-20/h1-11,18H. The fourth-order valence-electron chi connectivity index (χ4n) is 3.86. The Morgan fingerprint density at radius 3 is 2.54 bits per heavy atom. The molecule has 2 aromatic rings. The largest absolute Gasteiger partial charge is 0.460 e. The molecule has 116 valence electrons. The second-order valence-corrected chi connectivity index (χ2v) is 6.03. The molecule has 0 fully saturated rings. The van der Waals surface area contributed by atoms with Crippen molar-refractivity contribution in [1.29, 1.82) is 0 Å². The molecule has 0 amide bonds. The monoisotopic (exact) mass is 316 g/mol. The summed E-state index contributed by atoms with van der Waals surface area (Å²) in [6.45, 7) is 0. The summed E-state index contributed by atoms with van der Waals surface area (Å²) in [5.41, 5.74) is 0.742. The van der Waals surface area contributed by atoms with Crippen LogP contribution in [0.25, 0.3) is 0 Å². The molecule has 2 aliphatic heterocycles. The third-order valence-electron chi connectivity index (χ3n) is 4.81. The minimum Gasteiger partial charge on any atom is -0.460 e. The van der Waals surface area contributed by atoms with Gasteiger partial charge in [0.05, 0.1) is 5.56 Å². The first-order valence-corrected chi connectivity index (χ1v) is 7.74. The molecular formula is C20H12O4. The van der Waals surface area contributed by atoms with Gasteiger partial charge in [-0.3, -0.25) is 4.79 Å². The van der Waals surface area contributed by atoms with E-state index in [-0.39, 0.29) is 5.78 Å². The first-order chi connectivity index (χ1) is 11.7. The number of rotatable bonds is 0. The number of hydrogen-bond donors (Lipinski definition) is 0. The van der Waals surface area contributed by atoms with E-state index in [1.165, 1.54) is 6.08 Å². The Morgan fingerprint density at radius 2 is 1.67 bits per heavy atom. The average Bonchev–Trinajstić information content (AvgIpc) is 2.89. The lowest BCUT2D eigenvalue weighted by Crippen LogP contribution is -2.46.